The van der Waals surface area contributed by atoms with E-state index >= 15 is 0 Å². The van der Waals surface area contributed by atoms with E-state index in [1.54, 1.807) is 30.3 Å². The minimum absolute atomic E-state index is 0.0426. The van der Waals surface area contributed by atoms with Gasteiger partial charge < -0.3 is 15.4 Å². The van der Waals surface area contributed by atoms with Crippen molar-refractivity contribution in [1.29, 1.82) is 0 Å². The van der Waals surface area contributed by atoms with Gasteiger partial charge in [-0.05, 0) is 23.9 Å². The third-order valence-corrected chi connectivity index (χ3v) is 4.14. The molecule has 0 unspecified atom stereocenters. The van der Waals surface area contributed by atoms with Crippen LogP contribution in [0, 0.1) is 0 Å². The lowest BCUT2D eigenvalue weighted by atomic mass is 10.2. The van der Waals surface area contributed by atoms with Gasteiger partial charge in [0.1, 0.15) is 5.75 Å². The fraction of sp³-hybridized carbons (Fsp3) is 0.294. The number of hydrogen-bond acceptors (Lipinski definition) is 4. The molecule has 0 saturated carbocycles. The first kappa shape index (κ1) is 18.9. The number of benzene rings is 1. The zero-order valence-corrected chi connectivity index (χ0v) is 14.2. The lowest BCUT2D eigenvalue weighted by Gasteiger charge is -2.11. The first-order valence-corrected chi connectivity index (χ1v) is 8.55. The lowest BCUT2D eigenvalue weighted by Crippen LogP contribution is -2.27. The van der Waals surface area contributed by atoms with Gasteiger partial charge >= 0.3 is 6.61 Å². The number of carbonyl (C=O) groups is 2. The molecular weight excluding hydrogens is 350 g/mol. The monoisotopic (exact) mass is 368 g/mol. The van der Waals surface area contributed by atoms with Crippen molar-refractivity contribution in [1.82, 2.24) is 10.6 Å². The van der Waals surface area contributed by atoms with Crippen molar-refractivity contribution < 1.29 is 23.1 Å². The number of rotatable bonds is 9. The van der Waals surface area contributed by atoms with Crippen LogP contribution in [0.4, 0.5) is 8.78 Å². The molecule has 2 aromatic rings. The molecule has 134 valence electrons. The molecular formula is C17H18F2N2O3S. The van der Waals surface area contributed by atoms with Crippen molar-refractivity contribution in [3.05, 3.63) is 52.2 Å². The largest absolute Gasteiger partial charge is 0.434 e. The van der Waals surface area contributed by atoms with Gasteiger partial charge in [0.15, 0.2) is 0 Å². The van der Waals surface area contributed by atoms with Gasteiger partial charge in [-0.3, -0.25) is 9.59 Å². The van der Waals surface area contributed by atoms with Crippen molar-refractivity contribution in [3.8, 4) is 5.75 Å². The molecule has 0 aliphatic rings. The summed E-state index contributed by atoms with van der Waals surface area (Å²) in [6.07, 6.45) is 0.709. The molecule has 0 bridgehead atoms. The van der Waals surface area contributed by atoms with Crippen LogP contribution in [0.2, 0.25) is 0 Å². The van der Waals surface area contributed by atoms with Crippen LogP contribution >= 0.6 is 11.3 Å². The molecule has 0 fully saturated rings. The minimum Gasteiger partial charge on any atom is -0.434 e. The average Bonchev–Trinajstić information content (AvgIpc) is 3.12. The summed E-state index contributed by atoms with van der Waals surface area (Å²) in [5.74, 6) is -0.341. The highest BCUT2D eigenvalue weighted by atomic mass is 32.1. The summed E-state index contributed by atoms with van der Waals surface area (Å²) in [5.41, 5.74) is 0.474. The predicted molar refractivity (Wildman–Crippen MR) is 90.8 cm³/mol. The molecule has 0 saturated heterocycles. The van der Waals surface area contributed by atoms with Gasteiger partial charge in [0.05, 0.1) is 4.88 Å². The predicted octanol–water partition coefficient (Wildman–Crippen LogP) is 3.18. The van der Waals surface area contributed by atoms with Gasteiger partial charge in [-0.1, -0.05) is 24.3 Å². The zero-order chi connectivity index (χ0) is 18.1. The van der Waals surface area contributed by atoms with Crippen LogP contribution < -0.4 is 15.4 Å². The molecule has 0 spiro atoms. The second-order valence-corrected chi connectivity index (χ2v) is 6.05. The van der Waals surface area contributed by atoms with E-state index in [0.29, 0.717) is 23.4 Å². The highest BCUT2D eigenvalue weighted by molar-refractivity contribution is 7.12. The number of para-hydroxylation sites is 1. The molecule has 0 aliphatic carbocycles. The molecule has 25 heavy (non-hydrogen) atoms. The number of ether oxygens (including phenoxy) is 1. The van der Waals surface area contributed by atoms with E-state index in [1.807, 2.05) is 5.38 Å². The Morgan fingerprint density at radius 1 is 1.12 bits per heavy atom. The van der Waals surface area contributed by atoms with Gasteiger partial charge in [-0.2, -0.15) is 8.78 Å². The average molecular weight is 368 g/mol. The molecule has 2 rings (SSSR count). The van der Waals surface area contributed by atoms with Gasteiger partial charge in [0.2, 0.25) is 5.91 Å². The van der Waals surface area contributed by atoms with Crippen molar-refractivity contribution in [2.45, 2.75) is 26.0 Å². The van der Waals surface area contributed by atoms with Gasteiger partial charge in [-0.15, -0.1) is 11.3 Å². The van der Waals surface area contributed by atoms with E-state index in [2.05, 4.69) is 15.4 Å². The fourth-order valence-electron chi connectivity index (χ4n) is 2.09. The summed E-state index contributed by atoms with van der Waals surface area (Å²) in [7, 11) is 0. The molecule has 1 heterocycles. The maximum Gasteiger partial charge on any atom is 0.387 e. The molecule has 0 atom stereocenters. The van der Waals surface area contributed by atoms with Crippen LogP contribution in [0.5, 0.6) is 5.75 Å². The second-order valence-electron chi connectivity index (χ2n) is 5.10. The molecule has 0 radical (unpaired) electrons. The third-order valence-electron chi connectivity index (χ3n) is 3.28. The normalized spacial score (nSPS) is 10.5. The van der Waals surface area contributed by atoms with Gasteiger partial charge in [0, 0.05) is 25.1 Å². The second kappa shape index (κ2) is 9.73. The molecule has 2 amide bonds. The van der Waals surface area contributed by atoms with Crippen LogP contribution in [0.15, 0.2) is 41.8 Å². The Bertz CT molecular complexity index is 693. The maximum atomic E-state index is 12.3. The van der Waals surface area contributed by atoms with Gasteiger partial charge in [0.25, 0.3) is 5.91 Å². The topological polar surface area (TPSA) is 67.4 Å². The zero-order valence-electron chi connectivity index (χ0n) is 13.3. The van der Waals surface area contributed by atoms with Crippen LogP contribution in [-0.2, 0) is 11.3 Å². The first-order chi connectivity index (χ1) is 12.1. The van der Waals surface area contributed by atoms with Crippen LogP contribution in [0.3, 0.4) is 0 Å². The minimum atomic E-state index is -2.91. The number of amides is 2. The Balaban J connectivity index is 1.68. The van der Waals surface area contributed by atoms with E-state index in [1.165, 1.54) is 17.4 Å². The Morgan fingerprint density at radius 3 is 2.64 bits per heavy atom. The van der Waals surface area contributed by atoms with E-state index in [4.69, 9.17) is 0 Å². The summed E-state index contributed by atoms with van der Waals surface area (Å²) < 4.78 is 29.1. The number of halogens is 2. The van der Waals surface area contributed by atoms with E-state index in [0.717, 1.165) is 0 Å². The van der Waals surface area contributed by atoms with Crippen LogP contribution in [0.1, 0.15) is 28.1 Å². The molecule has 2 N–H and O–H groups in total. The third kappa shape index (κ3) is 6.50. The Kier molecular flexibility index (Phi) is 7.34. The van der Waals surface area contributed by atoms with Crippen LogP contribution in [0.25, 0.3) is 0 Å². The quantitative estimate of drug-likeness (QED) is 0.668. The summed E-state index contributed by atoms with van der Waals surface area (Å²) >= 11 is 1.35. The standard InChI is InChI=1S/C17H18F2N2O3S/c18-17(19)24-13-6-2-1-5-12(13)11-21-15(22)8-3-9-20-16(23)14-7-4-10-25-14/h1-2,4-7,10,17H,3,8-9,11H2,(H,20,23)(H,21,22). The molecule has 1 aromatic heterocycles. The molecule has 0 aliphatic heterocycles. The maximum absolute atomic E-state index is 12.3. The van der Waals surface area contributed by atoms with E-state index in [9.17, 15) is 18.4 Å². The molecule has 8 heteroatoms. The van der Waals surface area contributed by atoms with Crippen molar-refractivity contribution in [2.24, 2.45) is 0 Å². The number of nitrogens with one attached hydrogen (secondary N) is 2. The summed E-state index contributed by atoms with van der Waals surface area (Å²) in [6.45, 7) is -2.43. The summed E-state index contributed by atoms with van der Waals surface area (Å²) in [4.78, 5) is 24.1. The lowest BCUT2D eigenvalue weighted by molar-refractivity contribution is -0.121. The van der Waals surface area contributed by atoms with Gasteiger partial charge in [-0.25, -0.2) is 0 Å². The SMILES string of the molecule is O=C(CCCNC(=O)c1cccs1)NCc1ccccc1OC(F)F. The van der Waals surface area contributed by atoms with E-state index < -0.39 is 6.61 Å². The fourth-order valence-corrected chi connectivity index (χ4v) is 2.73. The van der Waals surface area contributed by atoms with Crippen molar-refractivity contribution in [3.63, 3.8) is 0 Å². The number of thiophene rings is 1. The Morgan fingerprint density at radius 2 is 1.92 bits per heavy atom. The van der Waals surface area contributed by atoms with E-state index in [-0.39, 0.29) is 30.5 Å². The first-order valence-electron chi connectivity index (χ1n) is 7.67. The highest BCUT2D eigenvalue weighted by Gasteiger charge is 2.10. The Hall–Kier alpha value is -2.48. The number of hydrogen-bond donors (Lipinski definition) is 2. The number of carbonyl (C=O) groups excluding carboxylic acids is 2. The van der Waals surface area contributed by atoms with Crippen molar-refractivity contribution in [2.75, 3.05) is 6.54 Å². The summed E-state index contributed by atoms with van der Waals surface area (Å²) in [5, 5.41) is 7.20. The summed E-state index contributed by atoms with van der Waals surface area (Å²) in [6, 6.07) is 9.82. The smallest absolute Gasteiger partial charge is 0.387 e. The number of alkyl halides is 2. The molecule has 5 nitrogen and oxygen atoms in total. The molecule has 1 aromatic carbocycles. The van der Waals surface area contributed by atoms with Crippen molar-refractivity contribution >= 4 is 23.2 Å². The van der Waals surface area contributed by atoms with Crippen LogP contribution in [-0.4, -0.2) is 25.0 Å². The highest BCUT2D eigenvalue weighted by Crippen LogP contribution is 2.19. The Labute approximate surface area is 148 Å².